The number of thiazole rings is 1. The zero-order valence-electron chi connectivity index (χ0n) is 26.9. The molecule has 3 aromatic carbocycles. The number of piperazine rings is 1. The Kier molecular flexibility index (Phi) is 7.99. The molecule has 2 aliphatic rings. The van der Waals surface area contributed by atoms with Gasteiger partial charge in [0.2, 0.25) is 5.91 Å². The second kappa shape index (κ2) is 11.9. The van der Waals surface area contributed by atoms with Crippen molar-refractivity contribution >= 4 is 61.8 Å². The predicted octanol–water partition coefficient (Wildman–Crippen LogP) is 6.47. The zero-order chi connectivity index (χ0) is 33.2. The van der Waals surface area contributed by atoms with E-state index < -0.39 is 17.7 Å². The second-order valence-electron chi connectivity index (χ2n) is 13.2. The number of benzene rings is 3. The number of aromatic nitrogens is 3. The van der Waals surface area contributed by atoms with Crippen LogP contribution in [0, 0.1) is 6.92 Å². The Hall–Kier alpha value is -4.03. The molecule has 244 valence electrons. The quantitative estimate of drug-likeness (QED) is 0.219. The van der Waals surface area contributed by atoms with Crippen molar-refractivity contribution in [1.29, 1.82) is 0 Å². The van der Waals surface area contributed by atoms with Gasteiger partial charge in [0.1, 0.15) is 11.6 Å². The lowest BCUT2D eigenvalue weighted by Gasteiger charge is -2.43. The highest BCUT2D eigenvalue weighted by atomic mass is 35.5. The van der Waals surface area contributed by atoms with Crippen LogP contribution >= 0.6 is 22.9 Å². The van der Waals surface area contributed by atoms with Crippen LogP contribution in [0.2, 0.25) is 5.02 Å². The molecule has 1 N–H and O–H groups in total. The maximum absolute atomic E-state index is 12.7. The number of carbonyl (C=O) groups excluding carboxylic acids is 1. The first-order valence-corrected chi connectivity index (χ1v) is 16.8. The third-order valence-corrected chi connectivity index (χ3v) is 10.1. The number of hydrogen-bond donors (Lipinski definition) is 1. The molecule has 47 heavy (non-hydrogen) atoms. The topological polar surface area (TPSA) is 110 Å². The number of morpholine rings is 1. The third-order valence-electron chi connectivity index (χ3n) is 8.73. The number of carbonyl (C=O) groups is 2. The minimum absolute atomic E-state index is 0.00452. The Balaban J connectivity index is 1.35. The molecular weight excluding hydrogens is 638 g/mol. The molecule has 0 saturated carbocycles. The maximum Gasteiger partial charge on any atom is 0.337 e. The number of anilines is 1. The Morgan fingerprint density at radius 2 is 1.87 bits per heavy atom. The number of aliphatic carboxylic acids is 1. The SMILES string of the molecule is Cc1cc2nc(-c3ccc4c(c3)c(N3CCN5C(=O)COCC5C3)nn4C)sc2c(-c2ccc(Cl)cc2)c1[C@H](OC(C)(C)C)C(=O)O. The van der Waals surface area contributed by atoms with E-state index in [1.165, 1.54) is 11.3 Å². The highest BCUT2D eigenvalue weighted by Crippen LogP contribution is 2.45. The largest absolute Gasteiger partial charge is 0.479 e. The Bertz CT molecular complexity index is 2030. The number of aryl methyl sites for hydroxylation is 2. The Morgan fingerprint density at radius 1 is 1.13 bits per heavy atom. The van der Waals surface area contributed by atoms with E-state index in [-0.39, 0.29) is 18.6 Å². The average molecular weight is 674 g/mol. The first kappa shape index (κ1) is 31.6. The number of hydrogen-bond acceptors (Lipinski definition) is 8. The summed E-state index contributed by atoms with van der Waals surface area (Å²) >= 11 is 7.79. The Labute approximate surface area is 281 Å². The highest BCUT2D eigenvalue weighted by Gasteiger charge is 2.36. The highest BCUT2D eigenvalue weighted by molar-refractivity contribution is 7.22. The summed E-state index contributed by atoms with van der Waals surface area (Å²) in [5.41, 5.74) is 5.02. The molecule has 0 radical (unpaired) electrons. The predicted molar refractivity (Wildman–Crippen MR) is 184 cm³/mol. The van der Waals surface area contributed by atoms with Crippen molar-refractivity contribution in [2.45, 2.75) is 45.4 Å². The molecule has 10 nitrogen and oxygen atoms in total. The molecule has 12 heteroatoms. The second-order valence-corrected chi connectivity index (χ2v) is 14.6. The standard InChI is InChI=1S/C35H36ClN5O5S/c1-19-14-25-31(29(20-6-9-22(36)10-7-20)28(19)30(34(43)44)46-35(2,3)4)47-33(37-25)21-8-11-26-24(15-21)32(38-39(26)5)40-12-13-41-23(16-40)17-45-18-27(41)42/h6-11,14-15,23,30H,12-13,16-18H2,1-5H3,(H,43,44)/t23?,30-/m0/s1. The molecule has 2 saturated heterocycles. The summed E-state index contributed by atoms with van der Waals surface area (Å²) in [5.74, 6) is -0.144. The van der Waals surface area contributed by atoms with Gasteiger partial charge in [0.05, 0.1) is 34.0 Å². The van der Waals surface area contributed by atoms with Crippen LogP contribution in [0.5, 0.6) is 0 Å². The summed E-state index contributed by atoms with van der Waals surface area (Å²) in [6.45, 7) is 10.1. The van der Waals surface area contributed by atoms with E-state index in [2.05, 4.69) is 23.1 Å². The number of halogens is 1. The minimum atomic E-state index is -1.18. The molecule has 5 aromatic rings. The van der Waals surface area contributed by atoms with Crippen molar-refractivity contribution in [1.82, 2.24) is 19.7 Å². The number of ether oxygens (including phenoxy) is 2. The molecule has 7 rings (SSSR count). The molecular formula is C35H36ClN5O5S. The summed E-state index contributed by atoms with van der Waals surface area (Å²) in [4.78, 5) is 34.3. The van der Waals surface area contributed by atoms with Gasteiger partial charge < -0.3 is 24.4 Å². The monoisotopic (exact) mass is 673 g/mol. The number of nitrogens with zero attached hydrogens (tertiary/aromatic N) is 5. The molecule has 0 bridgehead atoms. The summed E-state index contributed by atoms with van der Waals surface area (Å²) in [6.07, 6.45) is -1.18. The summed E-state index contributed by atoms with van der Waals surface area (Å²) in [6, 6.07) is 15.6. The van der Waals surface area contributed by atoms with Crippen LogP contribution in [0.15, 0.2) is 48.5 Å². The van der Waals surface area contributed by atoms with E-state index in [0.717, 1.165) is 54.2 Å². The van der Waals surface area contributed by atoms with Crippen LogP contribution < -0.4 is 4.90 Å². The lowest BCUT2D eigenvalue weighted by Crippen LogP contribution is -2.60. The minimum Gasteiger partial charge on any atom is -0.479 e. The number of carboxylic acid groups (broad SMARTS) is 1. The van der Waals surface area contributed by atoms with Crippen molar-refractivity contribution < 1.29 is 24.2 Å². The smallest absolute Gasteiger partial charge is 0.337 e. The van der Waals surface area contributed by atoms with Crippen LogP contribution in [0.1, 0.15) is 38.0 Å². The van der Waals surface area contributed by atoms with Crippen LogP contribution in [-0.2, 0) is 26.1 Å². The van der Waals surface area contributed by atoms with Crippen LogP contribution in [-0.4, -0.2) is 81.1 Å². The number of carboxylic acids is 1. The van der Waals surface area contributed by atoms with Crippen LogP contribution in [0.3, 0.4) is 0 Å². The van der Waals surface area contributed by atoms with Gasteiger partial charge in [0.25, 0.3) is 0 Å². The fourth-order valence-electron chi connectivity index (χ4n) is 6.66. The van der Waals surface area contributed by atoms with Gasteiger partial charge in [-0.05, 0) is 75.2 Å². The summed E-state index contributed by atoms with van der Waals surface area (Å²) in [7, 11) is 1.94. The number of fused-ring (bicyclic) bond motifs is 3. The fraction of sp³-hybridized carbons (Fsp3) is 0.371. The first-order chi connectivity index (χ1) is 22.4. The molecule has 2 aliphatic heterocycles. The summed E-state index contributed by atoms with van der Waals surface area (Å²) in [5, 5.41) is 17.7. The normalized spacial score (nSPS) is 17.8. The zero-order valence-corrected chi connectivity index (χ0v) is 28.5. The van der Waals surface area contributed by atoms with Gasteiger partial charge in [-0.2, -0.15) is 5.10 Å². The summed E-state index contributed by atoms with van der Waals surface area (Å²) < 4.78 is 14.5. The van der Waals surface area contributed by atoms with E-state index in [9.17, 15) is 14.7 Å². The van der Waals surface area contributed by atoms with E-state index >= 15 is 0 Å². The number of amides is 1. The van der Waals surface area contributed by atoms with E-state index in [4.69, 9.17) is 31.2 Å². The van der Waals surface area contributed by atoms with Gasteiger partial charge in [0.15, 0.2) is 11.9 Å². The molecule has 0 aliphatic carbocycles. The van der Waals surface area contributed by atoms with Gasteiger partial charge in [-0.15, -0.1) is 11.3 Å². The number of rotatable bonds is 6. The van der Waals surface area contributed by atoms with Crippen molar-refractivity contribution in [3.8, 4) is 21.7 Å². The molecule has 2 fully saturated rings. The fourth-order valence-corrected chi connectivity index (χ4v) is 7.91. The lowest BCUT2D eigenvalue weighted by molar-refractivity contribution is -0.160. The van der Waals surface area contributed by atoms with Gasteiger partial charge >= 0.3 is 5.97 Å². The van der Waals surface area contributed by atoms with Crippen molar-refractivity contribution in [2.24, 2.45) is 7.05 Å². The van der Waals surface area contributed by atoms with Gasteiger partial charge in [-0.3, -0.25) is 9.48 Å². The lowest BCUT2D eigenvalue weighted by atomic mass is 9.91. The molecule has 1 amide bonds. The third kappa shape index (κ3) is 5.86. The maximum atomic E-state index is 12.7. The van der Waals surface area contributed by atoms with Gasteiger partial charge in [-0.1, -0.05) is 23.7 Å². The van der Waals surface area contributed by atoms with Crippen molar-refractivity contribution in [2.75, 3.05) is 37.7 Å². The van der Waals surface area contributed by atoms with Gasteiger partial charge in [-0.25, -0.2) is 9.78 Å². The van der Waals surface area contributed by atoms with Crippen molar-refractivity contribution in [3.05, 3.63) is 64.7 Å². The van der Waals surface area contributed by atoms with E-state index in [1.807, 2.05) is 74.7 Å². The molecule has 0 spiro atoms. The van der Waals surface area contributed by atoms with Gasteiger partial charge in [0, 0.05) is 53.8 Å². The first-order valence-electron chi connectivity index (χ1n) is 15.6. The average Bonchev–Trinajstić information content (AvgIpc) is 3.60. The van der Waals surface area contributed by atoms with Crippen LogP contribution in [0.25, 0.3) is 42.8 Å². The molecule has 1 unspecified atom stereocenters. The molecule has 2 aromatic heterocycles. The van der Waals surface area contributed by atoms with Crippen molar-refractivity contribution in [3.63, 3.8) is 0 Å². The molecule has 4 heterocycles. The molecule has 2 atom stereocenters. The van der Waals surface area contributed by atoms with Crippen LogP contribution in [0.4, 0.5) is 5.82 Å². The Morgan fingerprint density at radius 3 is 2.60 bits per heavy atom. The van der Waals surface area contributed by atoms with E-state index in [0.29, 0.717) is 36.8 Å². The van der Waals surface area contributed by atoms with E-state index in [1.54, 1.807) is 0 Å².